The Morgan fingerprint density at radius 3 is 2.80 bits per heavy atom. The SMILES string of the molecule is Clc1cccc2sc(C3CCCC3)nc12. The molecule has 15 heavy (non-hydrogen) atoms. The number of aromatic nitrogens is 1. The van der Waals surface area contributed by atoms with Gasteiger partial charge < -0.3 is 0 Å². The summed E-state index contributed by atoms with van der Waals surface area (Å²) in [7, 11) is 0. The normalized spacial score (nSPS) is 17.7. The minimum Gasteiger partial charge on any atom is -0.239 e. The molecule has 1 fully saturated rings. The van der Waals surface area contributed by atoms with E-state index in [-0.39, 0.29) is 0 Å². The summed E-state index contributed by atoms with van der Waals surface area (Å²) >= 11 is 7.93. The number of rotatable bonds is 1. The number of nitrogens with zero attached hydrogens (tertiary/aromatic N) is 1. The molecule has 0 saturated heterocycles. The second-order valence-electron chi connectivity index (χ2n) is 4.12. The highest BCUT2D eigenvalue weighted by Crippen LogP contribution is 2.39. The first kappa shape index (κ1) is 9.61. The molecule has 1 saturated carbocycles. The molecule has 2 aromatic rings. The zero-order valence-corrected chi connectivity index (χ0v) is 9.94. The minimum atomic E-state index is 0.693. The van der Waals surface area contributed by atoms with E-state index in [1.54, 1.807) is 0 Å². The standard InChI is InChI=1S/C12H12ClNS/c13-9-6-3-7-10-11(9)14-12(15-10)8-4-1-2-5-8/h3,6-8H,1-2,4-5H2. The summed E-state index contributed by atoms with van der Waals surface area (Å²) in [5.41, 5.74) is 0.992. The molecular weight excluding hydrogens is 226 g/mol. The van der Waals surface area contributed by atoms with E-state index in [2.05, 4.69) is 11.1 Å². The van der Waals surface area contributed by atoms with Crippen LogP contribution in [0.5, 0.6) is 0 Å². The summed E-state index contributed by atoms with van der Waals surface area (Å²) in [5, 5.41) is 2.07. The molecule has 0 atom stereocenters. The maximum Gasteiger partial charge on any atom is 0.100 e. The lowest BCUT2D eigenvalue weighted by molar-refractivity contribution is 0.718. The summed E-state index contributed by atoms with van der Waals surface area (Å²) in [4.78, 5) is 4.68. The first-order valence-corrected chi connectivity index (χ1v) is 6.59. The maximum absolute atomic E-state index is 6.12. The van der Waals surface area contributed by atoms with Gasteiger partial charge in [0.1, 0.15) is 5.52 Å². The van der Waals surface area contributed by atoms with E-state index < -0.39 is 0 Å². The molecule has 0 bridgehead atoms. The molecular formula is C12H12ClNS. The molecule has 1 aromatic carbocycles. The van der Waals surface area contributed by atoms with Crippen molar-refractivity contribution in [1.29, 1.82) is 0 Å². The Bertz CT molecular complexity index is 485. The highest BCUT2D eigenvalue weighted by molar-refractivity contribution is 7.18. The van der Waals surface area contributed by atoms with E-state index in [0.717, 1.165) is 10.5 Å². The first-order chi connectivity index (χ1) is 7.34. The van der Waals surface area contributed by atoms with Crippen molar-refractivity contribution in [2.24, 2.45) is 0 Å². The van der Waals surface area contributed by atoms with Gasteiger partial charge in [0, 0.05) is 5.92 Å². The molecule has 3 heteroatoms. The number of hydrogen-bond donors (Lipinski definition) is 0. The van der Waals surface area contributed by atoms with Crippen LogP contribution in [0.4, 0.5) is 0 Å². The van der Waals surface area contributed by atoms with Crippen molar-refractivity contribution in [3.05, 3.63) is 28.2 Å². The van der Waals surface area contributed by atoms with E-state index in [9.17, 15) is 0 Å². The molecule has 0 aliphatic heterocycles. The van der Waals surface area contributed by atoms with E-state index in [1.165, 1.54) is 35.4 Å². The van der Waals surface area contributed by atoms with Gasteiger partial charge in [0.25, 0.3) is 0 Å². The third kappa shape index (κ3) is 1.66. The highest BCUT2D eigenvalue weighted by atomic mass is 35.5. The van der Waals surface area contributed by atoms with Crippen LogP contribution in [0.3, 0.4) is 0 Å². The number of benzene rings is 1. The van der Waals surface area contributed by atoms with Gasteiger partial charge in [-0.1, -0.05) is 30.5 Å². The molecule has 1 nitrogen and oxygen atoms in total. The van der Waals surface area contributed by atoms with E-state index in [1.807, 2.05) is 23.5 Å². The Labute approximate surface area is 98.1 Å². The summed E-state index contributed by atoms with van der Waals surface area (Å²) in [6.45, 7) is 0. The predicted molar refractivity (Wildman–Crippen MR) is 65.8 cm³/mol. The topological polar surface area (TPSA) is 12.9 Å². The molecule has 78 valence electrons. The molecule has 1 aliphatic rings. The summed E-state index contributed by atoms with van der Waals surface area (Å²) in [5.74, 6) is 0.693. The first-order valence-electron chi connectivity index (χ1n) is 5.39. The highest BCUT2D eigenvalue weighted by Gasteiger charge is 2.20. The molecule has 3 rings (SSSR count). The maximum atomic E-state index is 6.12. The van der Waals surface area contributed by atoms with Crippen LogP contribution in [0.15, 0.2) is 18.2 Å². The Morgan fingerprint density at radius 2 is 2.07 bits per heavy atom. The largest absolute Gasteiger partial charge is 0.239 e. The molecule has 0 radical (unpaired) electrons. The summed E-state index contributed by atoms with van der Waals surface area (Å²) in [6, 6.07) is 6.03. The lowest BCUT2D eigenvalue weighted by Gasteiger charge is -2.01. The van der Waals surface area contributed by atoms with Gasteiger partial charge >= 0.3 is 0 Å². The number of para-hydroxylation sites is 1. The molecule has 0 spiro atoms. The summed E-state index contributed by atoms with van der Waals surface area (Å²) in [6.07, 6.45) is 5.32. The molecule has 0 N–H and O–H groups in total. The number of fused-ring (bicyclic) bond motifs is 1. The van der Waals surface area contributed by atoms with Gasteiger partial charge in [-0.15, -0.1) is 11.3 Å². The van der Waals surface area contributed by atoms with Gasteiger partial charge in [-0.2, -0.15) is 0 Å². The van der Waals surface area contributed by atoms with E-state index in [0.29, 0.717) is 5.92 Å². The monoisotopic (exact) mass is 237 g/mol. The van der Waals surface area contributed by atoms with Crippen LogP contribution in [0.1, 0.15) is 36.6 Å². The lowest BCUT2D eigenvalue weighted by Crippen LogP contribution is -1.89. The van der Waals surface area contributed by atoms with Crippen LogP contribution in [0.2, 0.25) is 5.02 Å². The van der Waals surface area contributed by atoms with Gasteiger partial charge in [-0.05, 0) is 25.0 Å². The Balaban J connectivity index is 2.09. The van der Waals surface area contributed by atoms with Crippen molar-refractivity contribution in [2.45, 2.75) is 31.6 Å². The minimum absolute atomic E-state index is 0.693. The van der Waals surface area contributed by atoms with Crippen molar-refractivity contribution < 1.29 is 0 Å². The van der Waals surface area contributed by atoms with Crippen molar-refractivity contribution in [3.8, 4) is 0 Å². The fourth-order valence-electron chi connectivity index (χ4n) is 2.28. The van der Waals surface area contributed by atoms with Crippen molar-refractivity contribution in [3.63, 3.8) is 0 Å². The number of thiazole rings is 1. The number of hydrogen-bond acceptors (Lipinski definition) is 2. The predicted octanol–water partition coefficient (Wildman–Crippen LogP) is 4.61. The fraction of sp³-hybridized carbons (Fsp3) is 0.417. The van der Waals surface area contributed by atoms with E-state index in [4.69, 9.17) is 11.6 Å². The van der Waals surface area contributed by atoms with Gasteiger partial charge in [0.05, 0.1) is 14.7 Å². The van der Waals surface area contributed by atoms with Crippen molar-refractivity contribution in [1.82, 2.24) is 4.98 Å². The van der Waals surface area contributed by atoms with Gasteiger partial charge in [-0.3, -0.25) is 0 Å². The zero-order valence-electron chi connectivity index (χ0n) is 8.37. The second-order valence-corrected chi connectivity index (χ2v) is 5.59. The van der Waals surface area contributed by atoms with Gasteiger partial charge in [-0.25, -0.2) is 4.98 Å². The molecule has 1 heterocycles. The molecule has 1 aromatic heterocycles. The van der Waals surface area contributed by atoms with Crippen LogP contribution in [0, 0.1) is 0 Å². The zero-order chi connectivity index (χ0) is 10.3. The molecule has 0 unspecified atom stereocenters. The Morgan fingerprint density at radius 1 is 1.27 bits per heavy atom. The van der Waals surface area contributed by atoms with Crippen LogP contribution in [-0.4, -0.2) is 4.98 Å². The average molecular weight is 238 g/mol. The van der Waals surface area contributed by atoms with Crippen LogP contribution >= 0.6 is 22.9 Å². The molecule has 1 aliphatic carbocycles. The number of halogens is 1. The van der Waals surface area contributed by atoms with Crippen molar-refractivity contribution >= 4 is 33.2 Å². The second kappa shape index (κ2) is 3.76. The van der Waals surface area contributed by atoms with Crippen LogP contribution < -0.4 is 0 Å². The third-order valence-corrected chi connectivity index (χ3v) is 4.58. The third-order valence-electron chi connectivity index (χ3n) is 3.09. The smallest absolute Gasteiger partial charge is 0.100 e. The fourth-order valence-corrected chi connectivity index (χ4v) is 3.72. The van der Waals surface area contributed by atoms with E-state index >= 15 is 0 Å². The van der Waals surface area contributed by atoms with Crippen molar-refractivity contribution in [2.75, 3.05) is 0 Å². The Kier molecular flexibility index (Phi) is 2.41. The average Bonchev–Trinajstić information content (AvgIpc) is 2.86. The van der Waals surface area contributed by atoms with Crippen LogP contribution in [-0.2, 0) is 0 Å². The molecule has 0 amide bonds. The quantitative estimate of drug-likeness (QED) is 0.706. The van der Waals surface area contributed by atoms with Gasteiger partial charge in [0.15, 0.2) is 0 Å². The lowest BCUT2D eigenvalue weighted by atomic mass is 10.1. The van der Waals surface area contributed by atoms with Gasteiger partial charge in [0.2, 0.25) is 0 Å². The summed E-state index contributed by atoms with van der Waals surface area (Å²) < 4.78 is 1.23. The van der Waals surface area contributed by atoms with Crippen LogP contribution in [0.25, 0.3) is 10.2 Å². The Hall–Kier alpha value is -0.600.